The van der Waals surface area contributed by atoms with Crippen LogP contribution in [0.25, 0.3) is 0 Å². The summed E-state index contributed by atoms with van der Waals surface area (Å²) in [5, 5.41) is 7.22. The first-order valence-electron chi connectivity index (χ1n) is 56.7. The molecule has 130 heavy (non-hydrogen) atoms. The molecule has 0 saturated carbocycles. The van der Waals surface area contributed by atoms with Gasteiger partial charge in [0.05, 0.1) is 13.2 Å². The van der Waals surface area contributed by atoms with Crippen LogP contribution in [0.2, 0.25) is 0 Å². The summed E-state index contributed by atoms with van der Waals surface area (Å²) in [7, 11) is 10.9. The number of allylic oxidation sites excluding steroid dienone is 3. The number of ether oxygens (including phenoxy) is 1. The maximum absolute atomic E-state index is 5.31. The Morgan fingerprint density at radius 3 is 1.17 bits per heavy atom. The minimum absolute atomic E-state index is 0.248. The maximum Gasteiger partial charge on any atom is 0.0645 e. The third-order valence-electron chi connectivity index (χ3n) is 31.1. The number of rotatable bonds is 0. The molecule has 0 radical (unpaired) electrons. The molecule has 0 aromatic heterocycles. The molecule has 24 aliphatic rings. The Kier molecular flexibility index (Phi) is 75.4. The Morgan fingerprint density at radius 1 is 0.431 bits per heavy atom. The largest absolute Gasteiger partial charge is 0.378 e. The highest BCUT2D eigenvalue weighted by Gasteiger charge is 2.45. The minimum atomic E-state index is 0.248. The van der Waals surface area contributed by atoms with Crippen molar-refractivity contribution in [3.8, 4) is 0 Å². The van der Waals surface area contributed by atoms with Crippen LogP contribution in [0.1, 0.15) is 444 Å². The Morgan fingerprint density at radius 2 is 0.962 bits per heavy atom. The number of likely N-dealkylation sites (N-methyl/N-ethyl adjacent to an activating group) is 4. The molecule has 17 fully saturated rings. The van der Waals surface area contributed by atoms with Crippen LogP contribution in [0.3, 0.4) is 0 Å². The fourth-order valence-corrected chi connectivity index (χ4v) is 21.3. The second-order valence-corrected chi connectivity index (χ2v) is 41.7. The van der Waals surface area contributed by atoms with Gasteiger partial charge in [0.15, 0.2) is 0 Å². The van der Waals surface area contributed by atoms with Gasteiger partial charge >= 0.3 is 0 Å². The Labute approximate surface area is 820 Å². The molecule has 6 atom stereocenters. The molecule has 13 nitrogen and oxygen atoms in total. The summed E-state index contributed by atoms with van der Waals surface area (Å²) in [6.07, 6.45) is 53.7. The van der Waals surface area contributed by atoms with Gasteiger partial charge in [-0.05, 0) is 386 Å². The highest BCUT2D eigenvalue weighted by molar-refractivity contribution is 5.20. The molecule has 17 saturated heterocycles. The Bertz CT molecular complexity index is 2680. The van der Waals surface area contributed by atoms with Gasteiger partial charge in [0.25, 0.3) is 0 Å². The summed E-state index contributed by atoms with van der Waals surface area (Å²) in [5.74, 6) is 5.89. The van der Waals surface area contributed by atoms with E-state index >= 15 is 0 Å². The normalized spacial score (nSPS) is 30.7. The summed E-state index contributed by atoms with van der Waals surface area (Å²) < 4.78 is 5.31. The number of nitrogens with one attached hydrogen (secondary N) is 2. The molecule has 23 aliphatic heterocycles. The molecule has 2 N–H and O–H groups in total. The van der Waals surface area contributed by atoms with Gasteiger partial charge in [0.1, 0.15) is 0 Å². The Balaban J connectivity index is -0.000000652. The lowest BCUT2D eigenvalue weighted by molar-refractivity contribution is -0.0372. The van der Waals surface area contributed by atoms with Gasteiger partial charge in [-0.3, -0.25) is 24.5 Å². The van der Waals surface area contributed by atoms with Crippen LogP contribution in [-0.4, -0.2) is 265 Å². The van der Waals surface area contributed by atoms with Crippen molar-refractivity contribution in [1.82, 2.24) is 59.6 Å². The number of piperidine rings is 8. The van der Waals surface area contributed by atoms with Gasteiger partial charge in [-0.2, -0.15) is 0 Å². The number of hydrogen-bond acceptors (Lipinski definition) is 13. The van der Waals surface area contributed by atoms with E-state index in [4.69, 9.17) is 4.74 Å². The van der Waals surface area contributed by atoms with E-state index < -0.39 is 0 Å². The molecule has 0 spiro atoms. The summed E-state index contributed by atoms with van der Waals surface area (Å²) >= 11 is 0. The molecule has 13 heteroatoms. The standard InChI is InChI=1S/C8H13N.2C8H15N.C8H13N.C8H15N.C8H13N.3C8H15N.C7H15NO.C7H13N.C7H15N.12C2H6/c1-8-4-3-7(5-8)6-9(8)2;1-8(2)5-6-3-4-7(8)9-6;2*1-7-6-9-4-2-8(7)3-5-9;2*1-7-6-8-2-4-9(7)5-3-8;1-8-4-2-6-9(8)7-3-5-8;2*1-8(2)6-4-5-7-9(8)3;1-7(2)6-9-5-4-8(7)3;1-7-4-2-6(8-7)3-5-7;1-7(2)5-4-6-8(7)3;12*1-2/h3-4,7H,5-6H2,1-2H3;6-7,9H,3-5H2,1-2H3;7-8H,2-6H2,1H3;6,8H,2-5H2,1H3;7-8H,2-6H2,1H3;6,8H,2-5H2,1H3;2-7H2,1H3;4,6H,5,7H2,1-3H3;4-5H,6-7H2,1-3H3;4-6H2,1-3H3;6,8H,2-5H2,1H3;4-6H2,1-3H3;12*1-2H3. The summed E-state index contributed by atoms with van der Waals surface area (Å²) in [5.41, 5.74) is 6.74. The number of hydrogen-bond donors (Lipinski definition) is 2. The first kappa shape index (κ1) is 134. The second kappa shape index (κ2) is 73.0. The molecule has 778 valence electrons. The van der Waals surface area contributed by atoms with Crippen molar-refractivity contribution in [2.24, 2.45) is 40.9 Å². The summed E-state index contributed by atoms with van der Waals surface area (Å²) in [6, 6.07) is 3.49. The van der Waals surface area contributed by atoms with E-state index in [2.05, 4.69) is 261 Å². The molecular formula is C117H244N12O. The van der Waals surface area contributed by atoms with Crippen LogP contribution in [0.4, 0.5) is 0 Å². The van der Waals surface area contributed by atoms with Crippen LogP contribution in [0.15, 0.2) is 60.0 Å². The van der Waals surface area contributed by atoms with Crippen molar-refractivity contribution >= 4 is 0 Å². The lowest BCUT2D eigenvalue weighted by Gasteiger charge is -2.43. The van der Waals surface area contributed by atoms with Crippen molar-refractivity contribution in [3.05, 3.63) is 60.0 Å². The minimum Gasteiger partial charge on any atom is -0.378 e. The fourth-order valence-electron chi connectivity index (χ4n) is 21.3. The van der Waals surface area contributed by atoms with Crippen molar-refractivity contribution in [2.75, 3.05) is 153 Å². The molecule has 0 aromatic carbocycles. The molecule has 0 aromatic rings. The van der Waals surface area contributed by atoms with Crippen molar-refractivity contribution in [2.45, 2.75) is 507 Å². The monoisotopic (exact) mass is 1830 g/mol. The second-order valence-electron chi connectivity index (χ2n) is 41.7. The summed E-state index contributed by atoms with van der Waals surface area (Å²) in [6.45, 7) is 110. The van der Waals surface area contributed by atoms with E-state index in [0.717, 1.165) is 86.0 Å². The van der Waals surface area contributed by atoms with Crippen molar-refractivity contribution < 1.29 is 4.74 Å². The summed E-state index contributed by atoms with van der Waals surface area (Å²) in [4.78, 5) is 24.7. The van der Waals surface area contributed by atoms with Crippen LogP contribution in [0, 0.1) is 40.9 Å². The zero-order valence-corrected chi connectivity index (χ0v) is 97.7. The van der Waals surface area contributed by atoms with Gasteiger partial charge in [0, 0.05) is 128 Å². The third kappa shape index (κ3) is 47.7. The number of nitrogens with zero attached hydrogens (tertiary/aromatic N) is 10. The van der Waals surface area contributed by atoms with Crippen LogP contribution in [0.5, 0.6) is 0 Å². The van der Waals surface area contributed by atoms with E-state index in [1.165, 1.54) is 258 Å². The van der Waals surface area contributed by atoms with E-state index in [1.54, 1.807) is 5.57 Å². The highest BCUT2D eigenvalue weighted by atomic mass is 16.5. The third-order valence-corrected chi connectivity index (χ3v) is 31.1. The average Bonchev–Trinajstić information content (AvgIpc) is 1.63. The highest BCUT2D eigenvalue weighted by Crippen LogP contribution is 2.44. The molecule has 6 unspecified atom stereocenters. The predicted molar refractivity (Wildman–Crippen MR) is 592 cm³/mol. The van der Waals surface area contributed by atoms with Crippen molar-refractivity contribution in [1.29, 1.82) is 0 Å². The van der Waals surface area contributed by atoms with Crippen LogP contribution in [-0.2, 0) is 4.74 Å². The van der Waals surface area contributed by atoms with Crippen LogP contribution >= 0.6 is 0 Å². The fraction of sp³-hybridized carbons (Fsp3) is 0.915. The van der Waals surface area contributed by atoms with Gasteiger partial charge in [-0.15, -0.1) is 0 Å². The molecular weight excluding hydrogens is 1590 g/mol. The zero-order chi connectivity index (χ0) is 101. The molecule has 1 aliphatic carbocycles. The van der Waals surface area contributed by atoms with E-state index in [0.29, 0.717) is 33.1 Å². The zero-order valence-electron chi connectivity index (χ0n) is 97.7. The predicted octanol–water partition coefficient (Wildman–Crippen LogP) is 29.6. The lowest BCUT2D eigenvalue weighted by atomic mass is 9.77. The number of likely N-dealkylation sites (tertiary alicyclic amines) is 2. The smallest absolute Gasteiger partial charge is 0.0645 e. The molecule has 24 rings (SSSR count). The van der Waals surface area contributed by atoms with Crippen LogP contribution < -0.4 is 10.6 Å². The molecule has 23 heterocycles. The lowest BCUT2D eigenvalue weighted by Crippen LogP contribution is -2.50. The first-order valence-corrected chi connectivity index (χ1v) is 56.7. The Hall–Kier alpha value is -2.14. The van der Waals surface area contributed by atoms with E-state index in [9.17, 15) is 0 Å². The quantitative estimate of drug-likeness (QED) is 0.227. The van der Waals surface area contributed by atoms with Gasteiger partial charge in [0.2, 0.25) is 0 Å². The van der Waals surface area contributed by atoms with Gasteiger partial charge < -0.3 is 39.9 Å². The molecule has 0 amide bonds. The topological polar surface area (TPSA) is 65.7 Å². The number of fused-ring (bicyclic) bond motifs is 17. The molecule has 14 bridgehead atoms. The van der Waals surface area contributed by atoms with Crippen molar-refractivity contribution in [3.63, 3.8) is 0 Å². The van der Waals surface area contributed by atoms with E-state index in [-0.39, 0.29) is 11.1 Å². The first-order chi connectivity index (χ1) is 61.9. The maximum atomic E-state index is 5.31. The van der Waals surface area contributed by atoms with E-state index in [1.807, 2.05) is 166 Å². The number of morpholine rings is 1. The SMILES string of the molecule is CC.CC.CC.CC.CC.CC.CC.CC.CC.CC.CC.CC.CC1(C)CC2CCC1N2.CC12CCC(CC1)N2.CC12CCCN1CCC2.CC1=CC2CCN1CC2.CC1=CN2CCC1CC2.CC1CC2CCN1CC2.CC1CN2CCC1CC2.CN1CC2C=CC1(C)C2.CN1CC=CCC1(C)C.CN1CCC=CC1(C)C.CN1CCCC1(C)C.CN1CCOCC1(C)C. The van der Waals surface area contributed by atoms with Gasteiger partial charge in [-0.25, -0.2) is 0 Å². The van der Waals surface area contributed by atoms with Gasteiger partial charge in [-0.1, -0.05) is 235 Å². The average molecular weight is 1840 g/mol.